The van der Waals surface area contributed by atoms with E-state index in [1.54, 1.807) is 30.3 Å². The Hall–Kier alpha value is -1.23. The van der Waals surface area contributed by atoms with E-state index in [9.17, 15) is 4.79 Å². The molecule has 0 radical (unpaired) electrons. The molecule has 2 aromatic carbocycles. The van der Waals surface area contributed by atoms with E-state index in [-0.39, 0.29) is 5.91 Å². The van der Waals surface area contributed by atoms with E-state index in [1.807, 2.05) is 0 Å². The van der Waals surface area contributed by atoms with E-state index in [0.29, 0.717) is 27.0 Å². The Morgan fingerprint density at radius 1 is 1.16 bits per heavy atom. The number of benzene rings is 2. The highest BCUT2D eigenvalue weighted by Crippen LogP contribution is 2.27. The number of rotatable bonds is 2. The zero-order valence-corrected chi connectivity index (χ0v) is 12.7. The maximum absolute atomic E-state index is 12.1. The second kappa shape index (κ2) is 5.82. The summed E-state index contributed by atoms with van der Waals surface area (Å²) in [7, 11) is 0. The maximum atomic E-state index is 12.1. The lowest BCUT2D eigenvalue weighted by atomic mass is 10.1. The standard InChI is InChI=1S/C13H9BrCl2N2O/c14-7-1-4-12(10(16)5-7)18-13(19)9-6-8(15)2-3-11(9)17/h1-6H,17H2,(H,18,19). The van der Waals surface area contributed by atoms with Crippen molar-refractivity contribution in [3.63, 3.8) is 0 Å². The Balaban J connectivity index is 2.28. The zero-order valence-electron chi connectivity index (χ0n) is 9.58. The largest absolute Gasteiger partial charge is 0.398 e. The molecule has 0 saturated carbocycles. The maximum Gasteiger partial charge on any atom is 0.257 e. The van der Waals surface area contributed by atoms with E-state index in [4.69, 9.17) is 28.9 Å². The second-order valence-corrected chi connectivity index (χ2v) is 5.57. The van der Waals surface area contributed by atoms with Gasteiger partial charge in [-0.1, -0.05) is 39.1 Å². The lowest BCUT2D eigenvalue weighted by Crippen LogP contribution is -2.14. The van der Waals surface area contributed by atoms with Crippen LogP contribution >= 0.6 is 39.1 Å². The summed E-state index contributed by atoms with van der Waals surface area (Å²) in [4.78, 5) is 12.1. The van der Waals surface area contributed by atoms with E-state index in [2.05, 4.69) is 21.2 Å². The molecule has 0 atom stereocenters. The first kappa shape index (κ1) is 14.2. The summed E-state index contributed by atoms with van der Waals surface area (Å²) in [6.07, 6.45) is 0. The van der Waals surface area contributed by atoms with E-state index >= 15 is 0 Å². The number of hydrogen-bond donors (Lipinski definition) is 2. The Bertz CT molecular complexity index is 647. The van der Waals surface area contributed by atoms with Gasteiger partial charge < -0.3 is 11.1 Å². The molecule has 0 saturated heterocycles. The van der Waals surface area contributed by atoms with Gasteiger partial charge in [0.2, 0.25) is 0 Å². The van der Waals surface area contributed by atoms with Gasteiger partial charge in [-0.25, -0.2) is 0 Å². The van der Waals surface area contributed by atoms with Crippen molar-refractivity contribution < 1.29 is 4.79 Å². The zero-order chi connectivity index (χ0) is 14.0. The van der Waals surface area contributed by atoms with Crippen LogP contribution in [0.2, 0.25) is 10.0 Å². The van der Waals surface area contributed by atoms with Gasteiger partial charge in [0, 0.05) is 15.2 Å². The van der Waals surface area contributed by atoms with Crippen LogP contribution in [-0.2, 0) is 0 Å². The summed E-state index contributed by atoms with van der Waals surface area (Å²) in [6, 6.07) is 9.89. The summed E-state index contributed by atoms with van der Waals surface area (Å²) >= 11 is 15.2. The molecule has 2 rings (SSSR count). The van der Waals surface area contributed by atoms with Crippen molar-refractivity contribution in [3.8, 4) is 0 Å². The summed E-state index contributed by atoms with van der Waals surface area (Å²) in [5, 5.41) is 3.57. The number of anilines is 2. The van der Waals surface area contributed by atoms with Crippen LogP contribution in [0.3, 0.4) is 0 Å². The van der Waals surface area contributed by atoms with Gasteiger partial charge in [-0.2, -0.15) is 0 Å². The van der Waals surface area contributed by atoms with Gasteiger partial charge in [0.25, 0.3) is 5.91 Å². The third kappa shape index (κ3) is 3.41. The van der Waals surface area contributed by atoms with Gasteiger partial charge in [0.05, 0.1) is 16.3 Å². The normalized spacial score (nSPS) is 10.3. The lowest BCUT2D eigenvalue weighted by Gasteiger charge is -2.09. The minimum Gasteiger partial charge on any atom is -0.398 e. The van der Waals surface area contributed by atoms with E-state index in [0.717, 1.165) is 4.47 Å². The van der Waals surface area contributed by atoms with Gasteiger partial charge in [-0.3, -0.25) is 4.79 Å². The number of hydrogen-bond acceptors (Lipinski definition) is 2. The molecule has 2 aromatic rings. The predicted octanol–water partition coefficient (Wildman–Crippen LogP) is 4.59. The summed E-state index contributed by atoms with van der Waals surface area (Å²) < 4.78 is 0.831. The summed E-state index contributed by atoms with van der Waals surface area (Å²) in [5.41, 5.74) is 6.92. The number of carbonyl (C=O) groups excluding carboxylic acids is 1. The summed E-state index contributed by atoms with van der Waals surface area (Å²) in [5.74, 6) is -0.357. The van der Waals surface area contributed by atoms with Gasteiger partial charge in [-0.05, 0) is 36.4 Å². The molecular formula is C13H9BrCl2N2O. The average Bonchev–Trinajstić information content (AvgIpc) is 2.35. The first-order chi connectivity index (χ1) is 8.97. The number of nitrogens with one attached hydrogen (secondary N) is 1. The average molecular weight is 360 g/mol. The Kier molecular flexibility index (Phi) is 4.34. The van der Waals surface area contributed by atoms with Crippen molar-refractivity contribution in [2.45, 2.75) is 0 Å². The number of carbonyl (C=O) groups is 1. The first-order valence-corrected chi connectivity index (χ1v) is 6.83. The van der Waals surface area contributed by atoms with E-state index < -0.39 is 0 Å². The van der Waals surface area contributed by atoms with Crippen molar-refractivity contribution in [2.24, 2.45) is 0 Å². The fourth-order valence-corrected chi connectivity index (χ4v) is 2.40. The third-order valence-corrected chi connectivity index (χ3v) is 3.48. The molecule has 0 aliphatic heterocycles. The molecule has 0 spiro atoms. The fraction of sp³-hybridized carbons (Fsp3) is 0. The van der Waals surface area contributed by atoms with Crippen LogP contribution in [0, 0.1) is 0 Å². The van der Waals surface area contributed by atoms with Crippen LogP contribution in [0.4, 0.5) is 11.4 Å². The van der Waals surface area contributed by atoms with Crippen LogP contribution in [0.1, 0.15) is 10.4 Å². The van der Waals surface area contributed by atoms with Crippen LogP contribution in [0.5, 0.6) is 0 Å². The molecule has 0 aliphatic carbocycles. The molecule has 0 unspecified atom stereocenters. The minimum absolute atomic E-state index is 0.312. The molecule has 19 heavy (non-hydrogen) atoms. The number of amides is 1. The Morgan fingerprint density at radius 3 is 2.58 bits per heavy atom. The van der Waals surface area contributed by atoms with Gasteiger partial charge in [0.15, 0.2) is 0 Å². The number of nitrogens with two attached hydrogens (primary N) is 1. The molecule has 3 nitrogen and oxygen atoms in total. The SMILES string of the molecule is Nc1ccc(Cl)cc1C(=O)Nc1ccc(Br)cc1Cl. The third-order valence-electron chi connectivity index (χ3n) is 2.44. The molecule has 98 valence electrons. The smallest absolute Gasteiger partial charge is 0.257 e. The van der Waals surface area contributed by atoms with Crippen molar-refractivity contribution in [2.75, 3.05) is 11.1 Å². The minimum atomic E-state index is -0.357. The van der Waals surface area contributed by atoms with Crippen LogP contribution < -0.4 is 11.1 Å². The van der Waals surface area contributed by atoms with Crippen molar-refractivity contribution >= 4 is 56.4 Å². The van der Waals surface area contributed by atoms with Crippen molar-refractivity contribution in [3.05, 3.63) is 56.5 Å². The van der Waals surface area contributed by atoms with Gasteiger partial charge >= 0.3 is 0 Å². The highest BCUT2D eigenvalue weighted by molar-refractivity contribution is 9.10. The summed E-state index contributed by atoms with van der Waals surface area (Å²) in [6.45, 7) is 0. The highest BCUT2D eigenvalue weighted by atomic mass is 79.9. The van der Waals surface area contributed by atoms with E-state index in [1.165, 1.54) is 6.07 Å². The molecule has 0 aliphatic rings. The Morgan fingerprint density at radius 2 is 1.89 bits per heavy atom. The molecular weight excluding hydrogens is 351 g/mol. The molecule has 3 N–H and O–H groups in total. The molecule has 0 heterocycles. The van der Waals surface area contributed by atoms with Crippen molar-refractivity contribution in [1.82, 2.24) is 0 Å². The monoisotopic (exact) mass is 358 g/mol. The first-order valence-electron chi connectivity index (χ1n) is 5.29. The molecule has 1 amide bonds. The molecule has 0 bridgehead atoms. The van der Waals surface area contributed by atoms with Crippen LogP contribution in [0.25, 0.3) is 0 Å². The Labute approximate surface area is 128 Å². The van der Waals surface area contributed by atoms with Crippen molar-refractivity contribution in [1.29, 1.82) is 0 Å². The molecule has 0 fully saturated rings. The second-order valence-electron chi connectivity index (χ2n) is 3.81. The number of nitrogen functional groups attached to an aromatic ring is 1. The van der Waals surface area contributed by atoms with Gasteiger partial charge in [-0.15, -0.1) is 0 Å². The quantitative estimate of drug-likeness (QED) is 0.770. The predicted molar refractivity (Wildman–Crippen MR) is 83.0 cm³/mol. The van der Waals surface area contributed by atoms with Gasteiger partial charge in [0.1, 0.15) is 0 Å². The highest BCUT2D eigenvalue weighted by Gasteiger charge is 2.12. The topological polar surface area (TPSA) is 55.1 Å². The van der Waals surface area contributed by atoms with Crippen LogP contribution in [-0.4, -0.2) is 5.91 Å². The lowest BCUT2D eigenvalue weighted by molar-refractivity contribution is 0.102. The van der Waals surface area contributed by atoms with Crippen LogP contribution in [0.15, 0.2) is 40.9 Å². The molecule has 6 heteroatoms. The number of halogens is 3. The fourth-order valence-electron chi connectivity index (χ4n) is 1.51. The molecule has 0 aromatic heterocycles.